The van der Waals surface area contributed by atoms with Crippen molar-refractivity contribution in [2.75, 3.05) is 11.6 Å². The highest BCUT2D eigenvalue weighted by Gasteiger charge is 2.25. The molecular formula is C37H39FN8S. The van der Waals surface area contributed by atoms with E-state index >= 15 is 0 Å². The van der Waals surface area contributed by atoms with Crippen LogP contribution in [0.1, 0.15) is 45.6 Å². The minimum atomic E-state index is -1.44. The molecular weight excluding hydrogens is 608 g/mol. The summed E-state index contributed by atoms with van der Waals surface area (Å²) in [4.78, 5) is 17.5. The van der Waals surface area contributed by atoms with Crippen molar-refractivity contribution in [1.82, 2.24) is 34.9 Å². The summed E-state index contributed by atoms with van der Waals surface area (Å²) in [5.74, 6) is 7.81. The van der Waals surface area contributed by atoms with E-state index in [1.807, 2.05) is 42.9 Å². The molecule has 0 aliphatic heterocycles. The highest BCUT2D eigenvalue weighted by Crippen LogP contribution is 2.39. The number of H-pyrrole nitrogens is 2. The van der Waals surface area contributed by atoms with Gasteiger partial charge in [-0.25, -0.2) is 4.39 Å². The average molecular weight is 647 g/mol. The van der Waals surface area contributed by atoms with E-state index in [1.165, 1.54) is 29.8 Å². The second-order valence-electron chi connectivity index (χ2n) is 13.6. The summed E-state index contributed by atoms with van der Waals surface area (Å²) < 4.78 is 18.1. The molecule has 0 unspecified atom stereocenters. The number of pyridine rings is 3. The van der Waals surface area contributed by atoms with E-state index in [4.69, 9.17) is 4.98 Å². The van der Waals surface area contributed by atoms with Crippen LogP contribution in [0.3, 0.4) is 0 Å². The van der Waals surface area contributed by atoms with Crippen LogP contribution in [0.4, 0.5) is 10.1 Å². The van der Waals surface area contributed by atoms with Crippen molar-refractivity contribution >= 4 is 48.6 Å². The predicted molar refractivity (Wildman–Crippen MR) is 196 cm³/mol. The molecule has 1 aromatic carbocycles. The fraction of sp³-hybridized carbons (Fsp3) is 0.243. The zero-order chi connectivity index (χ0) is 32.9. The number of anilines is 1. The molecule has 47 heavy (non-hydrogen) atoms. The van der Waals surface area contributed by atoms with Gasteiger partial charge in [0.25, 0.3) is 0 Å². The van der Waals surface area contributed by atoms with Gasteiger partial charge in [0, 0.05) is 57.5 Å². The number of nitrogens with one attached hydrogen (secondary N) is 4. The van der Waals surface area contributed by atoms with E-state index in [9.17, 15) is 4.39 Å². The van der Waals surface area contributed by atoms with Crippen molar-refractivity contribution in [2.24, 2.45) is 5.41 Å². The van der Waals surface area contributed by atoms with E-state index in [2.05, 4.69) is 73.8 Å². The van der Waals surface area contributed by atoms with Crippen LogP contribution in [0.5, 0.6) is 0 Å². The second-order valence-corrected chi connectivity index (χ2v) is 16.4. The van der Waals surface area contributed by atoms with E-state index < -0.39 is 9.39 Å². The van der Waals surface area contributed by atoms with Gasteiger partial charge in [0.15, 0.2) is 0 Å². The van der Waals surface area contributed by atoms with E-state index in [0.717, 1.165) is 68.5 Å². The number of allylic oxidation sites excluding steroid dienone is 2. The Morgan fingerprint density at radius 3 is 2.49 bits per heavy atom. The van der Waals surface area contributed by atoms with Crippen molar-refractivity contribution in [3.8, 4) is 33.9 Å². The standard InChI is InChI=1S/C37H39FN8S/c1-37(2,3)36(23-8-7-9-23)43-27-15-25(19-39-20-27)31-16-29-33(21-41-31)45-46-35(29)32-17-28-30(44-32)10-11-40-34(28)24-12-22(13-26(38)14-24)18-42-47(4,5)6/h10-17,19-21,42-44H,4-5,7-9,18H2,1-3,6H3,(H,45,46). The molecule has 10 heteroatoms. The molecule has 5 heterocycles. The lowest BCUT2D eigenvalue weighted by Crippen LogP contribution is -2.22. The Kier molecular flexibility index (Phi) is 7.72. The Hall–Kier alpha value is -4.80. The molecule has 240 valence electrons. The lowest BCUT2D eigenvalue weighted by Gasteiger charge is -2.32. The molecule has 8 nitrogen and oxygen atoms in total. The molecule has 0 saturated heterocycles. The fourth-order valence-electron chi connectivity index (χ4n) is 6.04. The Balaban J connectivity index is 1.23. The van der Waals surface area contributed by atoms with Crippen LogP contribution in [0.15, 0.2) is 78.5 Å². The molecule has 0 bridgehead atoms. The molecule has 0 spiro atoms. The van der Waals surface area contributed by atoms with Crippen molar-refractivity contribution < 1.29 is 4.39 Å². The topological polar surface area (TPSA) is 107 Å². The van der Waals surface area contributed by atoms with Gasteiger partial charge in [-0.05, 0) is 73.5 Å². The molecule has 7 rings (SSSR count). The van der Waals surface area contributed by atoms with Gasteiger partial charge in [-0.2, -0.15) is 14.5 Å². The van der Waals surface area contributed by atoms with Crippen LogP contribution < -0.4 is 10.0 Å². The number of halogens is 1. The lowest BCUT2D eigenvalue weighted by atomic mass is 9.80. The van der Waals surface area contributed by atoms with Gasteiger partial charge in [-0.15, -0.1) is 0 Å². The van der Waals surface area contributed by atoms with E-state index in [-0.39, 0.29) is 11.2 Å². The largest absolute Gasteiger partial charge is 0.357 e. The third kappa shape index (κ3) is 6.43. The molecule has 1 aliphatic carbocycles. The normalized spacial score (nSPS) is 13.7. The third-order valence-corrected chi connectivity index (χ3v) is 9.31. The first-order chi connectivity index (χ1) is 22.4. The zero-order valence-electron chi connectivity index (χ0n) is 27.2. The molecule has 0 radical (unpaired) electrons. The van der Waals surface area contributed by atoms with Crippen molar-refractivity contribution in [3.63, 3.8) is 0 Å². The van der Waals surface area contributed by atoms with Crippen LogP contribution >= 0.6 is 9.39 Å². The molecule has 4 N–H and O–H groups in total. The number of fused-ring (bicyclic) bond motifs is 2. The Bertz CT molecular complexity index is 2280. The monoisotopic (exact) mass is 646 g/mol. The summed E-state index contributed by atoms with van der Waals surface area (Å²) in [5, 5.41) is 13.3. The summed E-state index contributed by atoms with van der Waals surface area (Å²) >= 11 is 0. The van der Waals surface area contributed by atoms with Gasteiger partial charge in [-0.3, -0.25) is 24.8 Å². The number of aromatic nitrogens is 6. The minimum absolute atomic E-state index is 0.0142. The van der Waals surface area contributed by atoms with Crippen molar-refractivity contribution in [1.29, 1.82) is 0 Å². The molecule has 1 aliphatic rings. The quantitative estimate of drug-likeness (QED) is 0.123. The summed E-state index contributed by atoms with van der Waals surface area (Å²) in [5.41, 5.74) is 10.9. The Morgan fingerprint density at radius 1 is 0.936 bits per heavy atom. The summed E-state index contributed by atoms with van der Waals surface area (Å²) in [6.45, 7) is 7.20. The second kappa shape index (κ2) is 11.8. The lowest BCUT2D eigenvalue weighted by molar-refractivity contribution is 0.481. The van der Waals surface area contributed by atoms with Crippen LogP contribution in [0.25, 0.3) is 55.7 Å². The van der Waals surface area contributed by atoms with Crippen molar-refractivity contribution in [3.05, 3.63) is 89.9 Å². The van der Waals surface area contributed by atoms with Gasteiger partial charge in [0.05, 0.1) is 40.7 Å². The average Bonchev–Trinajstić information content (AvgIpc) is 3.62. The summed E-state index contributed by atoms with van der Waals surface area (Å²) in [7, 11) is -1.44. The van der Waals surface area contributed by atoms with Gasteiger partial charge >= 0.3 is 0 Å². The van der Waals surface area contributed by atoms with Gasteiger partial charge < -0.3 is 10.3 Å². The summed E-state index contributed by atoms with van der Waals surface area (Å²) in [6.07, 6.45) is 12.7. The first-order valence-electron chi connectivity index (χ1n) is 15.7. The highest BCUT2D eigenvalue weighted by molar-refractivity contribution is 8.25. The molecule has 0 amide bonds. The molecule has 1 saturated carbocycles. The molecule has 5 aromatic heterocycles. The number of hydrogen-bond donors (Lipinski definition) is 4. The van der Waals surface area contributed by atoms with Crippen molar-refractivity contribution in [2.45, 2.75) is 46.6 Å². The Morgan fingerprint density at radius 2 is 1.74 bits per heavy atom. The highest BCUT2D eigenvalue weighted by atomic mass is 32.2. The maximum atomic E-state index is 14.8. The van der Waals surface area contributed by atoms with Gasteiger partial charge in [0.2, 0.25) is 0 Å². The van der Waals surface area contributed by atoms with Gasteiger partial charge in [-0.1, -0.05) is 38.1 Å². The number of benzene rings is 1. The van der Waals surface area contributed by atoms with Gasteiger partial charge in [0.1, 0.15) is 11.5 Å². The number of hydrogen-bond acceptors (Lipinski definition) is 6. The number of rotatable bonds is 8. The van der Waals surface area contributed by atoms with Crippen LogP contribution in [-0.4, -0.2) is 48.1 Å². The fourth-order valence-corrected chi connectivity index (χ4v) is 6.56. The molecule has 6 aromatic rings. The molecule has 1 fully saturated rings. The third-order valence-electron chi connectivity index (χ3n) is 8.47. The first-order valence-corrected chi connectivity index (χ1v) is 18.1. The SMILES string of the molecule is C=S(=C)(C)NCc1cc(F)cc(-c2nccc3[nH]c(-c4n[nH]c5cnc(-c6cncc(NC(=C7CCC7)C(C)(C)C)c6)cc45)cc23)c1. The minimum Gasteiger partial charge on any atom is -0.357 e. The van der Waals surface area contributed by atoms with Crippen LogP contribution in [0.2, 0.25) is 0 Å². The Labute approximate surface area is 274 Å². The number of nitrogens with zero attached hydrogens (tertiary/aromatic N) is 4. The first kappa shape index (κ1) is 30.8. The number of aromatic amines is 2. The van der Waals surface area contributed by atoms with E-state index in [0.29, 0.717) is 17.8 Å². The van der Waals surface area contributed by atoms with Crippen LogP contribution in [0, 0.1) is 11.2 Å². The summed E-state index contributed by atoms with van der Waals surface area (Å²) in [6, 6.07) is 13.1. The molecule has 0 atom stereocenters. The van der Waals surface area contributed by atoms with Crippen LogP contribution in [-0.2, 0) is 6.54 Å². The maximum Gasteiger partial charge on any atom is 0.124 e. The van der Waals surface area contributed by atoms with E-state index in [1.54, 1.807) is 12.4 Å². The maximum absolute atomic E-state index is 14.8. The zero-order valence-corrected chi connectivity index (χ0v) is 28.0. The predicted octanol–water partition coefficient (Wildman–Crippen LogP) is 8.57. The smallest absolute Gasteiger partial charge is 0.124 e.